The van der Waals surface area contributed by atoms with Crippen molar-refractivity contribution in [1.82, 2.24) is 9.97 Å². The van der Waals surface area contributed by atoms with Crippen LogP contribution in [0.5, 0.6) is 0 Å². The van der Waals surface area contributed by atoms with E-state index >= 15 is 0 Å². The molecule has 0 bridgehead atoms. The van der Waals surface area contributed by atoms with Gasteiger partial charge in [0.2, 0.25) is 0 Å². The number of anilines is 1. The van der Waals surface area contributed by atoms with Gasteiger partial charge < -0.3 is 5.32 Å². The molecule has 0 saturated heterocycles. The zero-order chi connectivity index (χ0) is 22.3. The molecule has 3 aromatic carbocycles. The Morgan fingerprint density at radius 2 is 1.78 bits per heavy atom. The van der Waals surface area contributed by atoms with Crippen molar-refractivity contribution in [3.05, 3.63) is 108 Å². The maximum Gasteiger partial charge on any atom is 0.275 e. The maximum absolute atomic E-state index is 13.2. The SMILES string of the molecule is Cc1cccc(CSc2ncc(Sc3ccccc3)c(C(=O)Nc3ccc(F)cc3)n2)c1. The number of nitrogens with zero attached hydrogens (tertiary/aromatic N) is 2. The number of halogens is 1. The largest absolute Gasteiger partial charge is 0.321 e. The van der Waals surface area contributed by atoms with Crippen LogP contribution in [0.2, 0.25) is 0 Å². The number of hydrogen-bond donors (Lipinski definition) is 1. The summed E-state index contributed by atoms with van der Waals surface area (Å²) in [5, 5.41) is 3.32. The van der Waals surface area contributed by atoms with Gasteiger partial charge in [-0.3, -0.25) is 4.79 Å². The van der Waals surface area contributed by atoms with Gasteiger partial charge in [-0.2, -0.15) is 0 Å². The van der Waals surface area contributed by atoms with E-state index < -0.39 is 0 Å². The minimum Gasteiger partial charge on any atom is -0.321 e. The van der Waals surface area contributed by atoms with E-state index in [1.807, 2.05) is 36.4 Å². The number of hydrogen-bond acceptors (Lipinski definition) is 5. The van der Waals surface area contributed by atoms with Gasteiger partial charge in [-0.05, 0) is 48.9 Å². The Morgan fingerprint density at radius 3 is 2.53 bits per heavy atom. The van der Waals surface area contributed by atoms with Crippen molar-refractivity contribution in [2.45, 2.75) is 27.6 Å². The number of thioether (sulfide) groups is 1. The highest BCUT2D eigenvalue weighted by atomic mass is 32.2. The number of aromatic nitrogens is 2. The molecule has 1 amide bonds. The number of rotatable bonds is 7. The smallest absolute Gasteiger partial charge is 0.275 e. The Bertz CT molecular complexity index is 1220. The molecule has 0 spiro atoms. The third kappa shape index (κ3) is 5.96. The number of aryl methyl sites for hydroxylation is 1. The van der Waals surface area contributed by atoms with E-state index in [0.29, 0.717) is 21.5 Å². The summed E-state index contributed by atoms with van der Waals surface area (Å²) >= 11 is 2.90. The number of carbonyl (C=O) groups is 1. The first-order valence-corrected chi connectivity index (χ1v) is 11.7. The second kappa shape index (κ2) is 10.4. The monoisotopic (exact) mass is 461 g/mol. The van der Waals surface area contributed by atoms with Crippen LogP contribution in [0.15, 0.2) is 100 Å². The van der Waals surface area contributed by atoms with Gasteiger partial charge in [0.1, 0.15) is 11.5 Å². The Hall–Kier alpha value is -3.16. The van der Waals surface area contributed by atoms with Crippen molar-refractivity contribution in [2.24, 2.45) is 0 Å². The topological polar surface area (TPSA) is 54.9 Å². The molecule has 160 valence electrons. The van der Waals surface area contributed by atoms with Gasteiger partial charge in [0, 0.05) is 22.5 Å². The average molecular weight is 462 g/mol. The van der Waals surface area contributed by atoms with Gasteiger partial charge >= 0.3 is 0 Å². The first kappa shape index (κ1) is 22.0. The lowest BCUT2D eigenvalue weighted by molar-refractivity contribution is 0.101. The molecule has 32 heavy (non-hydrogen) atoms. The Balaban J connectivity index is 1.59. The van der Waals surface area contributed by atoms with E-state index in [-0.39, 0.29) is 17.4 Å². The minimum absolute atomic E-state index is 0.282. The van der Waals surface area contributed by atoms with Crippen molar-refractivity contribution in [1.29, 1.82) is 0 Å². The van der Waals surface area contributed by atoms with Crippen molar-refractivity contribution in [3.63, 3.8) is 0 Å². The fourth-order valence-electron chi connectivity index (χ4n) is 2.95. The van der Waals surface area contributed by atoms with Crippen LogP contribution in [0.3, 0.4) is 0 Å². The third-order valence-electron chi connectivity index (χ3n) is 4.47. The predicted octanol–water partition coefficient (Wildman–Crippen LogP) is 6.62. The van der Waals surface area contributed by atoms with Gasteiger partial charge in [0.05, 0.1) is 4.90 Å². The summed E-state index contributed by atoms with van der Waals surface area (Å²) in [7, 11) is 0. The molecular formula is C25H20FN3OS2. The molecule has 7 heteroatoms. The van der Waals surface area contributed by atoms with E-state index in [9.17, 15) is 9.18 Å². The zero-order valence-electron chi connectivity index (χ0n) is 17.3. The molecule has 0 aliphatic rings. The third-order valence-corrected chi connectivity index (χ3v) is 6.43. The Morgan fingerprint density at radius 1 is 1.00 bits per heavy atom. The van der Waals surface area contributed by atoms with Crippen LogP contribution in [0.4, 0.5) is 10.1 Å². The molecule has 0 fully saturated rings. The summed E-state index contributed by atoms with van der Waals surface area (Å²) in [6.45, 7) is 2.05. The highest BCUT2D eigenvalue weighted by Gasteiger charge is 2.17. The first-order chi connectivity index (χ1) is 15.6. The predicted molar refractivity (Wildman–Crippen MR) is 128 cm³/mol. The van der Waals surface area contributed by atoms with Crippen molar-refractivity contribution < 1.29 is 9.18 Å². The quantitative estimate of drug-likeness (QED) is 0.248. The zero-order valence-corrected chi connectivity index (χ0v) is 18.9. The van der Waals surface area contributed by atoms with Gasteiger partial charge in [-0.1, -0.05) is 71.6 Å². The normalized spacial score (nSPS) is 10.7. The minimum atomic E-state index is -0.366. The first-order valence-electron chi connectivity index (χ1n) is 9.92. The van der Waals surface area contributed by atoms with Crippen LogP contribution >= 0.6 is 23.5 Å². The highest BCUT2D eigenvalue weighted by Crippen LogP contribution is 2.31. The fourth-order valence-corrected chi connectivity index (χ4v) is 4.60. The molecule has 1 N–H and O–H groups in total. The lowest BCUT2D eigenvalue weighted by atomic mass is 10.2. The second-order valence-electron chi connectivity index (χ2n) is 7.02. The van der Waals surface area contributed by atoms with Crippen LogP contribution in [0.1, 0.15) is 21.6 Å². The Labute approximate surface area is 194 Å². The maximum atomic E-state index is 13.2. The second-order valence-corrected chi connectivity index (χ2v) is 9.08. The van der Waals surface area contributed by atoms with Crippen molar-refractivity contribution in [2.75, 3.05) is 5.32 Å². The molecule has 0 unspecified atom stereocenters. The molecule has 0 radical (unpaired) electrons. The number of benzene rings is 3. The van der Waals surface area contributed by atoms with Crippen LogP contribution in [-0.2, 0) is 5.75 Å². The highest BCUT2D eigenvalue weighted by molar-refractivity contribution is 7.99. The van der Waals surface area contributed by atoms with Crippen molar-refractivity contribution >= 4 is 35.1 Å². The van der Waals surface area contributed by atoms with E-state index in [2.05, 4.69) is 40.4 Å². The molecule has 4 rings (SSSR count). The lowest BCUT2D eigenvalue weighted by Crippen LogP contribution is -2.16. The average Bonchev–Trinajstić information content (AvgIpc) is 2.80. The molecule has 1 heterocycles. The molecular weight excluding hydrogens is 441 g/mol. The van der Waals surface area contributed by atoms with Crippen LogP contribution < -0.4 is 5.32 Å². The summed E-state index contributed by atoms with van der Waals surface area (Å²) in [5.74, 6) is -0.0265. The Kier molecular flexibility index (Phi) is 7.19. The molecule has 1 aromatic heterocycles. The molecule has 0 saturated carbocycles. The van der Waals surface area contributed by atoms with Crippen LogP contribution in [-0.4, -0.2) is 15.9 Å². The lowest BCUT2D eigenvalue weighted by Gasteiger charge is -2.11. The summed E-state index contributed by atoms with van der Waals surface area (Å²) in [5.41, 5.74) is 3.14. The number of nitrogens with one attached hydrogen (secondary N) is 1. The van der Waals surface area contributed by atoms with E-state index in [4.69, 9.17) is 0 Å². The summed E-state index contributed by atoms with van der Waals surface area (Å²) < 4.78 is 13.2. The summed E-state index contributed by atoms with van der Waals surface area (Å²) in [6, 6.07) is 23.6. The standard InChI is InChI=1S/C25H20FN3OS2/c1-17-6-5-7-18(14-17)16-31-25-27-15-22(32-21-8-3-2-4-9-21)23(29-25)24(30)28-20-12-10-19(26)11-13-20/h2-15H,16H2,1H3,(H,28,30). The van der Waals surface area contributed by atoms with Crippen LogP contribution in [0.25, 0.3) is 0 Å². The van der Waals surface area contributed by atoms with Gasteiger partial charge in [0.15, 0.2) is 5.16 Å². The molecule has 0 aliphatic carbocycles. The van der Waals surface area contributed by atoms with Crippen LogP contribution in [0, 0.1) is 12.7 Å². The van der Waals surface area contributed by atoms with E-state index in [1.54, 1.807) is 6.20 Å². The fraction of sp³-hybridized carbons (Fsp3) is 0.0800. The molecule has 0 atom stereocenters. The van der Waals surface area contributed by atoms with Gasteiger partial charge in [-0.15, -0.1) is 0 Å². The molecule has 4 nitrogen and oxygen atoms in total. The molecule has 0 aliphatic heterocycles. The summed E-state index contributed by atoms with van der Waals surface area (Å²) in [4.78, 5) is 23.7. The van der Waals surface area contributed by atoms with E-state index in [1.165, 1.54) is 58.9 Å². The number of amides is 1. The van der Waals surface area contributed by atoms with Gasteiger partial charge in [0.25, 0.3) is 5.91 Å². The molecule has 4 aromatic rings. The summed E-state index contributed by atoms with van der Waals surface area (Å²) in [6.07, 6.45) is 1.68. The number of carbonyl (C=O) groups excluding carboxylic acids is 1. The van der Waals surface area contributed by atoms with Crippen molar-refractivity contribution in [3.8, 4) is 0 Å². The van der Waals surface area contributed by atoms with Gasteiger partial charge in [-0.25, -0.2) is 14.4 Å². The van der Waals surface area contributed by atoms with E-state index in [0.717, 1.165) is 4.90 Å².